The van der Waals surface area contributed by atoms with Gasteiger partial charge in [0.05, 0.1) is 5.02 Å². The summed E-state index contributed by atoms with van der Waals surface area (Å²) in [6.07, 6.45) is 1.81. The smallest absolute Gasteiger partial charge is 0.138 e. The second-order valence-electron chi connectivity index (χ2n) is 4.74. The molecule has 0 bridgehead atoms. The molecule has 1 nitrogen and oxygen atoms in total. The van der Waals surface area contributed by atoms with E-state index < -0.39 is 0 Å². The molecule has 2 rings (SSSR count). The van der Waals surface area contributed by atoms with Gasteiger partial charge in [0.1, 0.15) is 17.7 Å². The molecule has 1 fully saturated rings. The Hall–Kier alpha value is -0.470. The number of ether oxygens (including phenoxy) is 1. The van der Waals surface area contributed by atoms with Gasteiger partial charge in [-0.2, -0.15) is 0 Å². The molecule has 0 radical (unpaired) electrons. The maximum atomic E-state index is 12.9. The van der Waals surface area contributed by atoms with Crippen molar-refractivity contribution in [3.63, 3.8) is 0 Å². The van der Waals surface area contributed by atoms with Crippen LogP contribution in [0.2, 0.25) is 5.02 Å². The molecule has 1 aromatic rings. The molecule has 3 unspecified atom stereocenters. The summed E-state index contributed by atoms with van der Waals surface area (Å²) in [5.74, 6) is 0.172. The Balaban J connectivity index is 2.12. The van der Waals surface area contributed by atoms with Gasteiger partial charge in [0.15, 0.2) is 0 Å². The number of halogens is 3. The lowest BCUT2D eigenvalue weighted by atomic mass is 9.65. The average Bonchev–Trinajstić information content (AvgIpc) is 2.30. The van der Waals surface area contributed by atoms with E-state index in [1.807, 2.05) is 0 Å². The molecule has 1 aliphatic carbocycles. The third kappa shape index (κ3) is 2.25. The Morgan fingerprint density at radius 1 is 1.53 bits per heavy atom. The molecule has 1 saturated carbocycles. The lowest BCUT2D eigenvalue weighted by molar-refractivity contribution is -0.0294. The fraction of sp³-hybridized carbons (Fsp3) is 0.538. The van der Waals surface area contributed by atoms with Crippen molar-refractivity contribution in [2.24, 2.45) is 5.41 Å². The Labute approximate surface area is 111 Å². The van der Waals surface area contributed by atoms with E-state index in [2.05, 4.69) is 13.8 Å². The highest BCUT2D eigenvalue weighted by atomic mass is 35.5. The van der Waals surface area contributed by atoms with Gasteiger partial charge in [0, 0.05) is 17.2 Å². The van der Waals surface area contributed by atoms with Gasteiger partial charge in [-0.1, -0.05) is 25.4 Å². The first kappa shape index (κ1) is 13.0. The predicted molar refractivity (Wildman–Crippen MR) is 68.5 cm³/mol. The van der Waals surface area contributed by atoms with Crippen molar-refractivity contribution in [1.29, 1.82) is 0 Å². The zero-order valence-corrected chi connectivity index (χ0v) is 11.4. The van der Waals surface area contributed by atoms with E-state index in [1.54, 1.807) is 6.07 Å². The second-order valence-corrected chi connectivity index (χ2v) is 5.68. The standard InChI is InChI=1S/C13H15Cl2FO/c1-3-13(2)11(15)7-12(13)17-10-5-4-8(16)6-9(10)14/h4-6,11-12H,3,7H2,1-2H3. The average molecular weight is 277 g/mol. The Bertz CT molecular complexity index is 424. The van der Waals surface area contributed by atoms with E-state index in [9.17, 15) is 4.39 Å². The van der Waals surface area contributed by atoms with Gasteiger partial charge in [0.2, 0.25) is 0 Å². The molecular formula is C13H15Cl2FO. The van der Waals surface area contributed by atoms with Crippen molar-refractivity contribution < 1.29 is 9.13 Å². The largest absolute Gasteiger partial charge is 0.488 e. The highest BCUT2D eigenvalue weighted by Gasteiger charge is 2.51. The van der Waals surface area contributed by atoms with E-state index in [-0.39, 0.29) is 22.7 Å². The second kappa shape index (κ2) is 4.66. The van der Waals surface area contributed by atoms with Crippen LogP contribution in [0.4, 0.5) is 4.39 Å². The Morgan fingerprint density at radius 3 is 2.76 bits per heavy atom. The first-order valence-electron chi connectivity index (χ1n) is 5.73. The fourth-order valence-corrected chi connectivity index (χ4v) is 2.79. The SMILES string of the molecule is CCC1(C)C(Cl)CC1Oc1ccc(F)cc1Cl. The van der Waals surface area contributed by atoms with Crippen LogP contribution in [0.3, 0.4) is 0 Å². The molecule has 1 aliphatic rings. The molecule has 0 aliphatic heterocycles. The topological polar surface area (TPSA) is 9.23 Å². The summed E-state index contributed by atoms with van der Waals surface area (Å²) < 4.78 is 18.7. The van der Waals surface area contributed by atoms with Crippen molar-refractivity contribution in [3.05, 3.63) is 29.0 Å². The quantitative estimate of drug-likeness (QED) is 0.730. The molecule has 0 N–H and O–H groups in total. The van der Waals surface area contributed by atoms with Gasteiger partial charge in [-0.25, -0.2) is 4.39 Å². The van der Waals surface area contributed by atoms with Crippen LogP contribution in [-0.4, -0.2) is 11.5 Å². The molecule has 0 spiro atoms. The molecule has 0 heterocycles. The molecule has 1 aromatic carbocycles. The van der Waals surface area contributed by atoms with Crippen LogP contribution in [0.1, 0.15) is 26.7 Å². The third-order valence-electron chi connectivity index (χ3n) is 3.80. The molecule has 0 saturated heterocycles. The van der Waals surface area contributed by atoms with E-state index in [0.717, 1.165) is 12.8 Å². The van der Waals surface area contributed by atoms with Crippen molar-refractivity contribution in [2.45, 2.75) is 38.2 Å². The van der Waals surface area contributed by atoms with Crippen LogP contribution in [0.15, 0.2) is 18.2 Å². The zero-order chi connectivity index (χ0) is 12.6. The first-order chi connectivity index (χ1) is 7.97. The van der Waals surface area contributed by atoms with Crippen LogP contribution in [0.25, 0.3) is 0 Å². The zero-order valence-electron chi connectivity index (χ0n) is 9.84. The number of hydrogen-bond acceptors (Lipinski definition) is 1. The highest BCUT2D eigenvalue weighted by molar-refractivity contribution is 6.32. The molecule has 17 heavy (non-hydrogen) atoms. The molecular weight excluding hydrogens is 262 g/mol. The number of rotatable bonds is 3. The first-order valence-corrected chi connectivity index (χ1v) is 6.54. The van der Waals surface area contributed by atoms with Gasteiger partial charge in [0.25, 0.3) is 0 Å². The summed E-state index contributed by atoms with van der Waals surface area (Å²) in [5, 5.41) is 0.443. The number of benzene rings is 1. The van der Waals surface area contributed by atoms with Gasteiger partial charge < -0.3 is 4.74 Å². The summed E-state index contributed by atoms with van der Waals surface area (Å²) >= 11 is 12.1. The Kier molecular flexibility index (Phi) is 3.55. The minimum Gasteiger partial charge on any atom is -0.488 e. The van der Waals surface area contributed by atoms with Gasteiger partial charge in [-0.15, -0.1) is 11.6 Å². The minimum atomic E-state index is -0.357. The van der Waals surface area contributed by atoms with Crippen LogP contribution >= 0.6 is 23.2 Å². The van der Waals surface area contributed by atoms with Gasteiger partial charge >= 0.3 is 0 Å². The summed E-state index contributed by atoms with van der Waals surface area (Å²) in [6.45, 7) is 4.20. The van der Waals surface area contributed by atoms with E-state index in [4.69, 9.17) is 27.9 Å². The number of alkyl halides is 1. The maximum absolute atomic E-state index is 12.9. The Morgan fingerprint density at radius 2 is 2.24 bits per heavy atom. The van der Waals surface area contributed by atoms with Crippen molar-refractivity contribution in [3.8, 4) is 5.75 Å². The van der Waals surface area contributed by atoms with Crippen molar-refractivity contribution in [2.75, 3.05) is 0 Å². The summed E-state index contributed by atoms with van der Waals surface area (Å²) in [4.78, 5) is 0. The van der Waals surface area contributed by atoms with Crippen molar-refractivity contribution >= 4 is 23.2 Å². The van der Waals surface area contributed by atoms with Gasteiger partial charge in [-0.05, 0) is 24.6 Å². The highest BCUT2D eigenvalue weighted by Crippen LogP contribution is 2.49. The lowest BCUT2D eigenvalue weighted by Gasteiger charge is -2.50. The predicted octanol–water partition coefficient (Wildman–Crippen LogP) is 4.65. The lowest BCUT2D eigenvalue weighted by Crippen LogP contribution is -2.55. The molecule has 3 atom stereocenters. The van der Waals surface area contributed by atoms with Gasteiger partial charge in [-0.3, -0.25) is 0 Å². The van der Waals surface area contributed by atoms with E-state index >= 15 is 0 Å². The summed E-state index contributed by atoms with van der Waals surface area (Å²) in [6, 6.07) is 4.17. The van der Waals surface area contributed by atoms with Crippen LogP contribution < -0.4 is 4.74 Å². The monoisotopic (exact) mass is 276 g/mol. The van der Waals surface area contributed by atoms with Crippen LogP contribution in [0.5, 0.6) is 5.75 Å². The van der Waals surface area contributed by atoms with Crippen molar-refractivity contribution in [1.82, 2.24) is 0 Å². The molecule has 0 amide bonds. The third-order valence-corrected chi connectivity index (χ3v) is 4.77. The molecule has 94 valence electrons. The maximum Gasteiger partial charge on any atom is 0.138 e. The fourth-order valence-electron chi connectivity index (χ4n) is 2.12. The van der Waals surface area contributed by atoms with E-state index in [0.29, 0.717) is 10.8 Å². The minimum absolute atomic E-state index is 0.0285. The summed E-state index contributed by atoms with van der Waals surface area (Å²) in [5.41, 5.74) is -0.0285. The number of hydrogen-bond donors (Lipinski definition) is 0. The van der Waals surface area contributed by atoms with E-state index in [1.165, 1.54) is 12.1 Å². The van der Waals surface area contributed by atoms with Crippen LogP contribution in [-0.2, 0) is 0 Å². The molecule has 4 heteroatoms. The van der Waals surface area contributed by atoms with Crippen LogP contribution in [0, 0.1) is 11.2 Å². The normalized spacial score (nSPS) is 32.1. The molecule has 0 aromatic heterocycles. The summed E-state index contributed by atoms with van der Waals surface area (Å²) in [7, 11) is 0.